The van der Waals surface area contributed by atoms with Crippen LogP contribution in [0.2, 0.25) is 0 Å². The van der Waals surface area contributed by atoms with Gasteiger partial charge in [0.05, 0.1) is 36.5 Å². The normalized spacial score (nSPS) is 20.2. The van der Waals surface area contributed by atoms with E-state index in [2.05, 4.69) is 15.2 Å². The maximum absolute atomic E-state index is 12.4. The number of fused-ring (bicyclic) bond motifs is 1. The molecule has 1 aliphatic heterocycles. The first-order valence-corrected chi connectivity index (χ1v) is 10.1. The number of aliphatic hydroxyl groups excluding tert-OH is 1. The third-order valence-electron chi connectivity index (χ3n) is 5.06. The van der Waals surface area contributed by atoms with Crippen molar-refractivity contribution in [2.24, 2.45) is 0 Å². The van der Waals surface area contributed by atoms with Gasteiger partial charge in [-0.25, -0.2) is 9.78 Å². The summed E-state index contributed by atoms with van der Waals surface area (Å²) in [6, 6.07) is 5.07. The third kappa shape index (κ3) is 5.48. The Morgan fingerprint density at radius 3 is 2.77 bits per heavy atom. The number of amides is 1. The average Bonchev–Trinajstić information content (AvgIpc) is 2.67. The number of benzene rings is 1. The number of aliphatic hydroxyl groups is 1. The van der Waals surface area contributed by atoms with Gasteiger partial charge in [-0.15, -0.1) is 0 Å². The molecule has 0 saturated carbocycles. The van der Waals surface area contributed by atoms with Crippen molar-refractivity contribution < 1.29 is 19.4 Å². The molecular weight excluding hydrogens is 388 g/mol. The number of aromatic nitrogens is 2. The number of likely N-dealkylation sites (tertiary alicyclic amines) is 1. The van der Waals surface area contributed by atoms with Crippen LogP contribution in [0.25, 0.3) is 11.0 Å². The molecule has 164 valence electrons. The van der Waals surface area contributed by atoms with Gasteiger partial charge in [0.1, 0.15) is 11.4 Å². The van der Waals surface area contributed by atoms with E-state index in [1.165, 1.54) is 6.20 Å². The first kappa shape index (κ1) is 22.0. The van der Waals surface area contributed by atoms with Crippen LogP contribution in [0.15, 0.2) is 29.2 Å². The molecule has 0 spiro atoms. The van der Waals surface area contributed by atoms with E-state index >= 15 is 0 Å². The fraction of sp³-hybridized carbons (Fsp3) is 0.571. The summed E-state index contributed by atoms with van der Waals surface area (Å²) in [5, 5.41) is 13.2. The Kier molecular flexibility index (Phi) is 6.62. The van der Waals surface area contributed by atoms with Gasteiger partial charge in [0.15, 0.2) is 0 Å². The Bertz CT molecular complexity index is 953. The predicted molar refractivity (Wildman–Crippen MR) is 113 cm³/mol. The molecule has 1 fully saturated rings. The number of hydrogen-bond donors (Lipinski definition) is 2. The van der Waals surface area contributed by atoms with Gasteiger partial charge in [-0.05, 0) is 39.3 Å². The van der Waals surface area contributed by atoms with E-state index in [0.29, 0.717) is 43.9 Å². The minimum Gasteiger partial charge on any atom is -0.497 e. The highest BCUT2D eigenvalue weighted by Gasteiger charge is 2.30. The summed E-state index contributed by atoms with van der Waals surface area (Å²) in [5.74, 6) is 0.660. The fourth-order valence-electron chi connectivity index (χ4n) is 3.57. The number of nitrogens with zero attached hydrogens (tertiary/aromatic N) is 3. The number of nitrogens with one attached hydrogen (secondary N) is 1. The minimum atomic E-state index is -0.711. The molecule has 1 aromatic carbocycles. The molecule has 3 rings (SSSR count). The van der Waals surface area contributed by atoms with Crippen molar-refractivity contribution in [1.82, 2.24) is 19.8 Å². The van der Waals surface area contributed by atoms with Gasteiger partial charge >= 0.3 is 6.09 Å². The van der Waals surface area contributed by atoms with E-state index in [4.69, 9.17) is 9.47 Å². The zero-order valence-corrected chi connectivity index (χ0v) is 17.9. The highest BCUT2D eigenvalue weighted by Crippen LogP contribution is 2.18. The SMILES string of the molecule is COc1ccc2ncc(=O)n(CCN3CCC(NC(=O)OC(C)(C)C)C(O)C3)c2c1. The molecule has 2 aromatic rings. The lowest BCUT2D eigenvalue weighted by Crippen LogP contribution is -2.55. The van der Waals surface area contributed by atoms with E-state index in [1.54, 1.807) is 38.5 Å². The van der Waals surface area contributed by atoms with Crippen LogP contribution >= 0.6 is 0 Å². The Balaban J connectivity index is 1.61. The molecule has 1 amide bonds. The molecule has 2 heterocycles. The lowest BCUT2D eigenvalue weighted by molar-refractivity contribution is 0.0194. The van der Waals surface area contributed by atoms with Crippen LogP contribution in [0, 0.1) is 0 Å². The first-order chi connectivity index (χ1) is 14.2. The Labute approximate surface area is 175 Å². The summed E-state index contributed by atoms with van der Waals surface area (Å²) in [6.45, 7) is 7.54. The standard InChI is InChI=1S/C21H30N4O5/c1-21(2,3)30-20(28)23-16-7-8-24(13-18(16)26)9-10-25-17-11-14(29-4)5-6-15(17)22-12-19(25)27/h5-6,11-12,16,18,26H,7-10,13H2,1-4H3,(H,23,28). The van der Waals surface area contributed by atoms with Crippen LogP contribution < -0.4 is 15.6 Å². The monoisotopic (exact) mass is 418 g/mol. The summed E-state index contributed by atoms with van der Waals surface area (Å²) >= 11 is 0. The van der Waals surface area contributed by atoms with Crippen molar-refractivity contribution in [1.29, 1.82) is 0 Å². The molecule has 2 atom stereocenters. The summed E-state index contributed by atoms with van der Waals surface area (Å²) in [7, 11) is 1.58. The molecule has 1 aromatic heterocycles. The van der Waals surface area contributed by atoms with E-state index in [-0.39, 0.29) is 11.6 Å². The van der Waals surface area contributed by atoms with Crippen molar-refractivity contribution in [2.75, 3.05) is 26.7 Å². The maximum atomic E-state index is 12.4. The minimum absolute atomic E-state index is 0.183. The van der Waals surface area contributed by atoms with Gasteiger partial charge in [-0.2, -0.15) is 0 Å². The van der Waals surface area contributed by atoms with Gasteiger partial charge in [0, 0.05) is 32.2 Å². The Hall–Kier alpha value is -2.65. The number of rotatable bonds is 5. The van der Waals surface area contributed by atoms with E-state index < -0.39 is 17.8 Å². The maximum Gasteiger partial charge on any atom is 0.407 e. The van der Waals surface area contributed by atoms with Gasteiger partial charge in [-0.1, -0.05) is 0 Å². The fourth-order valence-corrected chi connectivity index (χ4v) is 3.57. The second-order valence-electron chi connectivity index (χ2n) is 8.51. The van der Waals surface area contributed by atoms with Gasteiger partial charge < -0.3 is 24.5 Å². The van der Waals surface area contributed by atoms with Crippen LogP contribution in [0.4, 0.5) is 4.79 Å². The molecule has 30 heavy (non-hydrogen) atoms. The molecule has 2 N–H and O–H groups in total. The van der Waals surface area contributed by atoms with Crippen LogP contribution in [0.3, 0.4) is 0 Å². The topological polar surface area (TPSA) is 106 Å². The number of β-amino-alcohol motifs (C(OH)–C–C–N with tert-alkyl or cyclic N) is 1. The summed E-state index contributed by atoms with van der Waals surface area (Å²) in [4.78, 5) is 30.6. The van der Waals surface area contributed by atoms with Crippen molar-refractivity contribution in [3.05, 3.63) is 34.7 Å². The van der Waals surface area contributed by atoms with Gasteiger partial charge in [-0.3, -0.25) is 9.69 Å². The molecule has 9 nitrogen and oxygen atoms in total. The van der Waals surface area contributed by atoms with Crippen molar-refractivity contribution in [3.63, 3.8) is 0 Å². The smallest absolute Gasteiger partial charge is 0.407 e. The quantitative estimate of drug-likeness (QED) is 0.755. The number of methoxy groups -OCH3 is 1. The predicted octanol–water partition coefficient (Wildman–Crippen LogP) is 1.36. The van der Waals surface area contributed by atoms with Crippen LogP contribution in [0.1, 0.15) is 27.2 Å². The zero-order valence-electron chi connectivity index (χ0n) is 17.9. The highest BCUT2D eigenvalue weighted by atomic mass is 16.6. The largest absolute Gasteiger partial charge is 0.497 e. The second kappa shape index (κ2) is 9.01. The molecule has 0 aliphatic carbocycles. The first-order valence-electron chi connectivity index (χ1n) is 10.1. The number of alkyl carbamates (subject to hydrolysis) is 1. The lowest BCUT2D eigenvalue weighted by Gasteiger charge is -2.36. The summed E-state index contributed by atoms with van der Waals surface area (Å²) in [5.41, 5.74) is 0.663. The van der Waals surface area contributed by atoms with Crippen LogP contribution in [-0.2, 0) is 11.3 Å². The zero-order chi connectivity index (χ0) is 21.9. The number of piperidine rings is 1. The van der Waals surface area contributed by atoms with Crippen molar-refractivity contribution >= 4 is 17.1 Å². The molecule has 9 heteroatoms. The molecule has 0 radical (unpaired) electrons. The molecule has 2 unspecified atom stereocenters. The van der Waals surface area contributed by atoms with Crippen LogP contribution in [-0.4, -0.2) is 70.1 Å². The van der Waals surface area contributed by atoms with E-state index in [1.807, 2.05) is 12.1 Å². The number of carbonyl (C=O) groups is 1. The molecule has 1 saturated heterocycles. The Morgan fingerprint density at radius 1 is 1.33 bits per heavy atom. The van der Waals surface area contributed by atoms with Crippen molar-refractivity contribution in [2.45, 2.75) is 51.5 Å². The summed E-state index contributed by atoms with van der Waals surface area (Å²) in [6.07, 6.45) is 0.682. The number of hydrogen-bond acceptors (Lipinski definition) is 7. The van der Waals surface area contributed by atoms with Crippen molar-refractivity contribution in [3.8, 4) is 5.75 Å². The number of carbonyl (C=O) groups excluding carboxylic acids is 1. The van der Waals surface area contributed by atoms with Gasteiger partial charge in [0.25, 0.3) is 5.56 Å². The molecular formula is C21H30N4O5. The Morgan fingerprint density at radius 2 is 2.10 bits per heavy atom. The third-order valence-corrected chi connectivity index (χ3v) is 5.06. The van der Waals surface area contributed by atoms with E-state index in [0.717, 1.165) is 5.52 Å². The highest BCUT2D eigenvalue weighted by molar-refractivity contribution is 5.76. The van der Waals surface area contributed by atoms with E-state index in [9.17, 15) is 14.7 Å². The van der Waals surface area contributed by atoms with Crippen LogP contribution in [0.5, 0.6) is 5.75 Å². The molecule has 0 bridgehead atoms. The van der Waals surface area contributed by atoms with Gasteiger partial charge in [0.2, 0.25) is 0 Å². The summed E-state index contributed by atoms with van der Waals surface area (Å²) < 4.78 is 12.2. The second-order valence-corrected chi connectivity index (χ2v) is 8.51. The average molecular weight is 418 g/mol. The number of ether oxygens (including phenoxy) is 2. The lowest BCUT2D eigenvalue weighted by atomic mass is 10.0. The molecule has 1 aliphatic rings.